The Morgan fingerprint density at radius 3 is 1.33 bits per heavy atom. The lowest BCUT2D eigenvalue weighted by molar-refractivity contribution is -0.118. The zero-order valence-corrected chi connectivity index (χ0v) is 10.2. The van der Waals surface area contributed by atoms with E-state index in [9.17, 15) is 9.59 Å². The van der Waals surface area contributed by atoms with Crippen molar-refractivity contribution in [1.29, 1.82) is 10.5 Å². The Kier molecular flexibility index (Phi) is 4.34. The number of ketones is 2. The van der Waals surface area contributed by atoms with Crippen LogP contribution in [-0.2, 0) is 9.59 Å². The molecule has 0 aliphatic carbocycles. The molecule has 0 heterocycles. The van der Waals surface area contributed by atoms with Gasteiger partial charge < -0.3 is 0 Å². The summed E-state index contributed by atoms with van der Waals surface area (Å²) in [6, 6.07) is 10.3. The maximum atomic E-state index is 11.2. The Morgan fingerprint density at radius 2 is 1.17 bits per heavy atom. The van der Waals surface area contributed by atoms with E-state index in [2.05, 4.69) is 0 Å². The molecule has 0 aliphatic rings. The monoisotopic (exact) mass is 240 g/mol. The van der Waals surface area contributed by atoms with Gasteiger partial charge in [-0.2, -0.15) is 10.5 Å². The molecule has 0 amide bonds. The first kappa shape index (κ1) is 13.6. The van der Waals surface area contributed by atoms with E-state index in [4.69, 9.17) is 10.5 Å². The number of rotatable bonds is 4. The van der Waals surface area contributed by atoms with E-state index in [-0.39, 0.29) is 11.6 Å². The van der Waals surface area contributed by atoms with Gasteiger partial charge in [0.15, 0.2) is 11.6 Å². The molecular weight excluding hydrogens is 228 g/mol. The second-order valence-electron chi connectivity index (χ2n) is 4.01. The summed E-state index contributed by atoms with van der Waals surface area (Å²) in [5.41, 5.74) is 1.16. The second-order valence-corrected chi connectivity index (χ2v) is 4.01. The summed E-state index contributed by atoms with van der Waals surface area (Å²) in [5.74, 6) is -2.05. The van der Waals surface area contributed by atoms with Gasteiger partial charge in [0.05, 0.1) is 12.1 Å². The highest BCUT2D eigenvalue weighted by atomic mass is 16.1. The van der Waals surface area contributed by atoms with Crippen LogP contribution >= 0.6 is 0 Å². The van der Waals surface area contributed by atoms with Crippen LogP contribution in [0.4, 0.5) is 0 Å². The van der Waals surface area contributed by atoms with Gasteiger partial charge in [0.25, 0.3) is 0 Å². The average molecular weight is 240 g/mol. The molecule has 1 rings (SSSR count). The van der Waals surface area contributed by atoms with Crippen LogP contribution in [0.3, 0.4) is 0 Å². The summed E-state index contributed by atoms with van der Waals surface area (Å²) in [4.78, 5) is 22.5. The molecule has 2 atom stereocenters. The summed E-state index contributed by atoms with van der Waals surface area (Å²) in [6.45, 7) is 2.71. The van der Waals surface area contributed by atoms with Gasteiger partial charge in [-0.15, -0.1) is 0 Å². The highest BCUT2D eigenvalue weighted by molar-refractivity contribution is 5.87. The molecule has 0 fully saturated rings. The molecule has 2 unspecified atom stereocenters. The third-order valence-corrected chi connectivity index (χ3v) is 2.67. The fraction of sp³-hybridized carbons (Fsp3) is 0.286. The fourth-order valence-corrected chi connectivity index (χ4v) is 1.68. The van der Waals surface area contributed by atoms with Crippen molar-refractivity contribution in [2.24, 2.45) is 0 Å². The van der Waals surface area contributed by atoms with E-state index in [1.54, 1.807) is 24.3 Å². The molecule has 18 heavy (non-hydrogen) atoms. The van der Waals surface area contributed by atoms with Crippen LogP contribution in [-0.4, -0.2) is 11.6 Å². The lowest BCUT2D eigenvalue weighted by atomic mass is 9.92. The molecule has 0 bridgehead atoms. The Morgan fingerprint density at radius 1 is 0.889 bits per heavy atom. The zero-order chi connectivity index (χ0) is 13.7. The molecule has 4 heteroatoms. The minimum atomic E-state index is -0.795. The van der Waals surface area contributed by atoms with Crippen LogP contribution in [0.15, 0.2) is 24.3 Å². The van der Waals surface area contributed by atoms with Gasteiger partial charge in [0.1, 0.15) is 11.8 Å². The van der Waals surface area contributed by atoms with Gasteiger partial charge in [-0.3, -0.25) is 9.59 Å². The van der Waals surface area contributed by atoms with Gasteiger partial charge >= 0.3 is 0 Å². The first-order chi connectivity index (χ1) is 8.51. The van der Waals surface area contributed by atoms with E-state index in [0.717, 1.165) is 0 Å². The number of hydrogen-bond donors (Lipinski definition) is 0. The predicted molar refractivity (Wildman–Crippen MR) is 64.5 cm³/mol. The van der Waals surface area contributed by atoms with Crippen molar-refractivity contribution in [3.05, 3.63) is 35.4 Å². The molecule has 0 N–H and O–H groups in total. The molecule has 0 aliphatic heterocycles. The number of Topliss-reactive ketones (excluding diaryl/α,β-unsaturated/α-hetero) is 2. The Labute approximate surface area is 105 Å². The van der Waals surface area contributed by atoms with Crippen LogP contribution in [0, 0.1) is 22.7 Å². The maximum Gasteiger partial charge on any atom is 0.151 e. The lowest BCUT2D eigenvalue weighted by Crippen LogP contribution is -2.08. The molecule has 0 aromatic heterocycles. The SMILES string of the molecule is CC(=O)C(C#N)c1ccc(C(C#N)C(C)=O)cc1. The van der Waals surface area contributed by atoms with Crippen molar-refractivity contribution >= 4 is 11.6 Å². The molecule has 0 spiro atoms. The molecular formula is C14H12N2O2. The number of benzene rings is 1. The number of nitrogens with zero attached hydrogens (tertiary/aromatic N) is 2. The summed E-state index contributed by atoms with van der Waals surface area (Å²) in [5, 5.41) is 17.8. The zero-order valence-electron chi connectivity index (χ0n) is 10.2. The second kappa shape index (κ2) is 5.75. The third-order valence-electron chi connectivity index (χ3n) is 2.67. The van der Waals surface area contributed by atoms with Gasteiger partial charge in [-0.05, 0) is 25.0 Å². The third kappa shape index (κ3) is 2.81. The lowest BCUT2D eigenvalue weighted by Gasteiger charge is -2.09. The Hall–Kier alpha value is -2.46. The highest BCUT2D eigenvalue weighted by Crippen LogP contribution is 2.21. The molecule has 0 saturated carbocycles. The van der Waals surface area contributed by atoms with Crippen LogP contribution < -0.4 is 0 Å². The fourth-order valence-electron chi connectivity index (χ4n) is 1.68. The molecule has 0 saturated heterocycles. The largest absolute Gasteiger partial charge is 0.298 e. The number of carbonyl (C=O) groups is 2. The van der Waals surface area contributed by atoms with Crippen molar-refractivity contribution in [3.63, 3.8) is 0 Å². The van der Waals surface area contributed by atoms with Crippen LogP contribution in [0.1, 0.15) is 36.8 Å². The van der Waals surface area contributed by atoms with E-state index in [0.29, 0.717) is 11.1 Å². The molecule has 90 valence electrons. The normalized spacial score (nSPS) is 12.9. The van der Waals surface area contributed by atoms with Crippen molar-refractivity contribution in [3.8, 4) is 12.1 Å². The number of hydrogen-bond acceptors (Lipinski definition) is 4. The summed E-state index contributed by atoms with van der Waals surface area (Å²) < 4.78 is 0. The van der Waals surface area contributed by atoms with Crippen molar-refractivity contribution in [2.45, 2.75) is 25.7 Å². The van der Waals surface area contributed by atoms with Crippen molar-refractivity contribution in [2.75, 3.05) is 0 Å². The summed E-state index contributed by atoms with van der Waals surface area (Å²) in [7, 11) is 0. The van der Waals surface area contributed by atoms with E-state index < -0.39 is 11.8 Å². The first-order valence-electron chi connectivity index (χ1n) is 5.41. The van der Waals surface area contributed by atoms with Gasteiger partial charge in [0.2, 0.25) is 0 Å². The van der Waals surface area contributed by atoms with E-state index in [1.807, 2.05) is 12.1 Å². The van der Waals surface area contributed by atoms with Crippen LogP contribution in [0.5, 0.6) is 0 Å². The van der Waals surface area contributed by atoms with Gasteiger partial charge in [-0.25, -0.2) is 0 Å². The quantitative estimate of drug-likeness (QED) is 0.806. The Bertz CT molecular complexity index is 496. The first-order valence-corrected chi connectivity index (χ1v) is 5.41. The molecule has 4 nitrogen and oxygen atoms in total. The minimum absolute atomic E-state index is 0.228. The summed E-state index contributed by atoms with van der Waals surface area (Å²) >= 11 is 0. The average Bonchev–Trinajstić information content (AvgIpc) is 2.32. The van der Waals surface area contributed by atoms with E-state index in [1.165, 1.54) is 13.8 Å². The predicted octanol–water partition coefficient (Wildman–Crippen LogP) is 2.08. The maximum absolute atomic E-state index is 11.2. The van der Waals surface area contributed by atoms with E-state index >= 15 is 0 Å². The standard InChI is InChI=1S/C14H12N2O2/c1-9(17)13(7-15)11-3-5-12(6-4-11)14(8-16)10(2)18/h3-6,13-14H,1-2H3. The number of carbonyl (C=O) groups excluding carboxylic acids is 2. The minimum Gasteiger partial charge on any atom is -0.298 e. The molecule has 0 radical (unpaired) electrons. The number of nitriles is 2. The van der Waals surface area contributed by atoms with Crippen molar-refractivity contribution in [1.82, 2.24) is 0 Å². The smallest absolute Gasteiger partial charge is 0.151 e. The molecule has 1 aromatic rings. The highest BCUT2D eigenvalue weighted by Gasteiger charge is 2.18. The topological polar surface area (TPSA) is 81.7 Å². The van der Waals surface area contributed by atoms with Crippen molar-refractivity contribution < 1.29 is 9.59 Å². The Balaban J connectivity index is 3.07. The van der Waals surface area contributed by atoms with Crippen LogP contribution in [0.25, 0.3) is 0 Å². The van der Waals surface area contributed by atoms with Gasteiger partial charge in [0, 0.05) is 0 Å². The van der Waals surface area contributed by atoms with Gasteiger partial charge in [-0.1, -0.05) is 24.3 Å². The van der Waals surface area contributed by atoms with Crippen LogP contribution in [0.2, 0.25) is 0 Å². The summed E-state index contributed by atoms with van der Waals surface area (Å²) in [6.07, 6.45) is 0. The molecule has 1 aromatic carbocycles.